The Labute approximate surface area is 142 Å². The maximum Gasteiger partial charge on any atom is 0.280 e. The van der Waals surface area contributed by atoms with Gasteiger partial charge in [0.1, 0.15) is 5.75 Å². The molecule has 2 N–H and O–H groups in total. The van der Waals surface area contributed by atoms with Gasteiger partial charge in [-0.1, -0.05) is 23.7 Å². The maximum absolute atomic E-state index is 12.3. The highest BCUT2D eigenvalue weighted by molar-refractivity contribution is 6.34. The lowest BCUT2D eigenvalue weighted by Gasteiger charge is -2.04. The second kappa shape index (κ2) is 6.32. The largest absolute Gasteiger partial charge is 0.496 e. The molecule has 0 radical (unpaired) electrons. The van der Waals surface area contributed by atoms with Gasteiger partial charge in [0.2, 0.25) is 5.95 Å². The molecule has 2 aromatic heterocycles. The minimum atomic E-state index is -0.478. The maximum atomic E-state index is 12.3. The number of aromatic nitrogens is 5. The van der Waals surface area contributed by atoms with Crippen molar-refractivity contribution in [2.24, 2.45) is 7.05 Å². The summed E-state index contributed by atoms with van der Waals surface area (Å²) in [5.74, 6) is 0.774. The summed E-state index contributed by atoms with van der Waals surface area (Å²) in [5.41, 5.74) is 1.56. The average molecular weight is 347 g/mol. The fourth-order valence-corrected chi connectivity index (χ4v) is 2.41. The molecule has 3 aromatic rings. The molecule has 1 aromatic carbocycles. The molecule has 0 aliphatic rings. The Hall–Kier alpha value is -2.87. The van der Waals surface area contributed by atoms with Crippen molar-refractivity contribution in [2.45, 2.75) is 6.92 Å². The van der Waals surface area contributed by atoms with Crippen molar-refractivity contribution < 1.29 is 9.53 Å². The SMILES string of the molecule is COc1ccccc1-c1nc(NC(=O)c2nn(C)c(C)c2Cl)n[nH]1. The Morgan fingerprint density at radius 3 is 2.79 bits per heavy atom. The van der Waals surface area contributed by atoms with Gasteiger partial charge in [0.15, 0.2) is 11.5 Å². The van der Waals surface area contributed by atoms with Gasteiger partial charge in [-0.2, -0.15) is 10.1 Å². The van der Waals surface area contributed by atoms with Crippen molar-refractivity contribution in [3.8, 4) is 17.1 Å². The Kier molecular flexibility index (Phi) is 4.22. The lowest BCUT2D eigenvalue weighted by atomic mass is 10.2. The van der Waals surface area contributed by atoms with Crippen LogP contribution in [0.1, 0.15) is 16.2 Å². The van der Waals surface area contributed by atoms with Gasteiger partial charge in [-0.15, -0.1) is 5.10 Å². The summed E-state index contributed by atoms with van der Waals surface area (Å²) >= 11 is 6.11. The number of nitrogens with one attached hydrogen (secondary N) is 2. The van der Waals surface area contributed by atoms with Gasteiger partial charge < -0.3 is 4.74 Å². The van der Waals surface area contributed by atoms with E-state index in [1.165, 1.54) is 4.68 Å². The third-order valence-electron chi connectivity index (χ3n) is 3.55. The molecule has 3 rings (SSSR count). The molecular formula is C15H15ClN6O2. The summed E-state index contributed by atoms with van der Waals surface area (Å²) in [6, 6.07) is 7.36. The quantitative estimate of drug-likeness (QED) is 0.756. The van der Waals surface area contributed by atoms with Crippen molar-refractivity contribution in [3.05, 3.63) is 40.7 Å². The number of nitrogens with zero attached hydrogens (tertiary/aromatic N) is 4. The van der Waals surface area contributed by atoms with E-state index in [4.69, 9.17) is 16.3 Å². The van der Waals surface area contributed by atoms with E-state index in [0.29, 0.717) is 22.3 Å². The van der Waals surface area contributed by atoms with E-state index < -0.39 is 5.91 Å². The normalized spacial score (nSPS) is 10.7. The van der Waals surface area contributed by atoms with Gasteiger partial charge in [0.05, 0.1) is 23.4 Å². The lowest BCUT2D eigenvalue weighted by Crippen LogP contribution is -2.14. The number of carbonyl (C=O) groups excluding carboxylic acids is 1. The van der Waals surface area contributed by atoms with Crippen LogP contribution in [0.5, 0.6) is 5.75 Å². The van der Waals surface area contributed by atoms with Crippen molar-refractivity contribution >= 4 is 23.5 Å². The number of para-hydroxylation sites is 1. The molecule has 0 fully saturated rings. The third-order valence-corrected chi connectivity index (χ3v) is 4.00. The van der Waals surface area contributed by atoms with E-state index in [0.717, 1.165) is 5.56 Å². The zero-order chi connectivity index (χ0) is 17.3. The lowest BCUT2D eigenvalue weighted by molar-refractivity contribution is 0.102. The molecule has 0 unspecified atom stereocenters. The highest BCUT2D eigenvalue weighted by Crippen LogP contribution is 2.27. The number of anilines is 1. The Morgan fingerprint density at radius 2 is 2.12 bits per heavy atom. The predicted octanol–water partition coefficient (Wildman–Crippen LogP) is 2.43. The monoisotopic (exact) mass is 346 g/mol. The Morgan fingerprint density at radius 1 is 1.38 bits per heavy atom. The first-order valence-electron chi connectivity index (χ1n) is 7.07. The highest BCUT2D eigenvalue weighted by Gasteiger charge is 2.20. The summed E-state index contributed by atoms with van der Waals surface area (Å²) < 4.78 is 6.82. The molecule has 1 amide bonds. The minimum absolute atomic E-state index is 0.125. The van der Waals surface area contributed by atoms with Crippen LogP contribution in [0.15, 0.2) is 24.3 Å². The molecule has 0 saturated heterocycles. The van der Waals surface area contributed by atoms with E-state index in [9.17, 15) is 4.79 Å². The zero-order valence-electron chi connectivity index (χ0n) is 13.3. The van der Waals surface area contributed by atoms with Crippen molar-refractivity contribution in [1.82, 2.24) is 25.0 Å². The molecule has 8 nitrogen and oxygen atoms in total. The summed E-state index contributed by atoms with van der Waals surface area (Å²) in [4.78, 5) is 16.5. The molecule has 9 heteroatoms. The number of carbonyl (C=O) groups is 1. The average Bonchev–Trinajstić information content (AvgIpc) is 3.15. The fourth-order valence-electron chi connectivity index (χ4n) is 2.17. The molecule has 124 valence electrons. The van der Waals surface area contributed by atoms with E-state index in [1.807, 2.05) is 24.3 Å². The van der Waals surface area contributed by atoms with Crippen LogP contribution < -0.4 is 10.1 Å². The number of hydrogen-bond acceptors (Lipinski definition) is 5. The Balaban J connectivity index is 1.84. The number of benzene rings is 1. The number of ether oxygens (including phenoxy) is 1. The smallest absolute Gasteiger partial charge is 0.280 e. The first-order chi connectivity index (χ1) is 11.5. The molecule has 24 heavy (non-hydrogen) atoms. The van der Waals surface area contributed by atoms with Gasteiger partial charge in [-0.3, -0.25) is 19.9 Å². The highest BCUT2D eigenvalue weighted by atomic mass is 35.5. The number of rotatable bonds is 4. The summed E-state index contributed by atoms with van der Waals surface area (Å²) in [7, 11) is 3.29. The third kappa shape index (κ3) is 2.83. The molecule has 2 heterocycles. The van der Waals surface area contributed by atoms with Crippen LogP contribution in [-0.4, -0.2) is 38.0 Å². The number of aryl methyl sites for hydroxylation is 1. The second-order valence-electron chi connectivity index (χ2n) is 5.03. The van der Waals surface area contributed by atoms with Crippen LogP contribution in [0.3, 0.4) is 0 Å². The van der Waals surface area contributed by atoms with Crippen LogP contribution in [0.4, 0.5) is 5.95 Å². The Bertz CT molecular complexity index is 901. The van der Waals surface area contributed by atoms with E-state index in [2.05, 4.69) is 25.6 Å². The van der Waals surface area contributed by atoms with Crippen LogP contribution in [0.2, 0.25) is 5.02 Å². The molecule has 0 saturated carbocycles. The van der Waals surface area contributed by atoms with Crippen molar-refractivity contribution in [3.63, 3.8) is 0 Å². The minimum Gasteiger partial charge on any atom is -0.496 e. The van der Waals surface area contributed by atoms with Crippen molar-refractivity contribution in [1.29, 1.82) is 0 Å². The molecule has 0 bridgehead atoms. The molecular weight excluding hydrogens is 332 g/mol. The first kappa shape index (κ1) is 16.0. The number of H-pyrrole nitrogens is 1. The number of halogens is 1. The standard InChI is InChI=1S/C15H15ClN6O2/c1-8-11(16)12(21-22(8)2)14(23)18-15-17-13(19-20-15)9-6-4-5-7-10(9)24-3/h4-7H,1-3H3,(H2,17,18,19,20,23). The van der Waals surface area contributed by atoms with Gasteiger partial charge in [-0.25, -0.2) is 0 Å². The number of hydrogen-bond donors (Lipinski definition) is 2. The van der Waals surface area contributed by atoms with Crippen molar-refractivity contribution in [2.75, 3.05) is 12.4 Å². The summed E-state index contributed by atoms with van der Waals surface area (Å²) in [6.07, 6.45) is 0. The van der Waals surface area contributed by atoms with Crippen LogP contribution in [-0.2, 0) is 7.05 Å². The molecule has 0 aliphatic carbocycles. The van der Waals surface area contributed by atoms with Crippen LogP contribution in [0, 0.1) is 6.92 Å². The van der Waals surface area contributed by atoms with E-state index >= 15 is 0 Å². The number of methoxy groups -OCH3 is 1. The summed E-state index contributed by atoms with van der Waals surface area (Å²) in [5, 5.41) is 13.7. The number of amides is 1. The topological polar surface area (TPSA) is 97.7 Å². The van der Waals surface area contributed by atoms with Gasteiger partial charge in [0.25, 0.3) is 5.91 Å². The van der Waals surface area contributed by atoms with E-state index in [-0.39, 0.29) is 11.6 Å². The second-order valence-corrected chi connectivity index (χ2v) is 5.41. The van der Waals surface area contributed by atoms with Crippen LogP contribution in [0.25, 0.3) is 11.4 Å². The zero-order valence-corrected chi connectivity index (χ0v) is 14.0. The molecule has 0 aliphatic heterocycles. The van der Waals surface area contributed by atoms with E-state index in [1.54, 1.807) is 21.1 Å². The number of aromatic amines is 1. The first-order valence-corrected chi connectivity index (χ1v) is 7.45. The van der Waals surface area contributed by atoms with Crippen LogP contribution >= 0.6 is 11.6 Å². The fraction of sp³-hybridized carbons (Fsp3) is 0.200. The molecule has 0 spiro atoms. The summed E-state index contributed by atoms with van der Waals surface area (Å²) in [6.45, 7) is 1.78. The van der Waals surface area contributed by atoms with Gasteiger partial charge >= 0.3 is 0 Å². The molecule has 0 atom stereocenters. The van der Waals surface area contributed by atoms with Gasteiger partial charge in [0, 0.05) is 7.05 Å². The van der Waals surface area contributed by atoms with Gasteiger partial charge in [-0.05, 0) is 19.1 Å². The predicted molar refractivity (Wildman–Crippen MR) is 89.3 cm³/mol.